The summed E-state index contributed by atoms with van der Waals surface area (Å²) in [4.78, 5) is 30.3. The van der Waals surface area contributed by atoms with Gasteiger partial charge in [-0.2, -0.15) is 0 Å². The summed E-state index contributed by atoms with van der Waals surface area (Å²) < 4.78 is 5.77. The molecule has 2 amide bonds. The van der Waals surface area contributed by atoms with Crippen molar-refractivity contribution in [2.45, 2.75) is 32.4 Å². The number of fused-ring (bicyclic) bond motifs is 1. The maximum Gasteiger partial charge on any atom is 0.269 e. The quantitative estimate of drug-likeness (QED) is 0.798. The fourth-order valence-corrected chi connectivity index (χ4v) is 3.79. The van der Waals surface area contributed by atoms with Crippen LogP contribution >= 0.6 is 0 Å². The second-order valence-electron chi connectivity index (χ2n) is 7.56. The Morgan fingerprint density at radius 1 is 1.33 bits per heavy atom. The molecule has 1 atom stereocenters. The molecule has 2 aromatic rings. The van der Waals surface area contributed by atoms with Crippen molar-refractivity contribution in [3.05, 3.63) is 59.4 Å². The van der Waals surface area contributed by atoms with E-state index in [0.717, 1.165) is 48.6 Å². The van der Waals surface area contributed by atoms with Gasteiger partial charge in [-0.05, 0) is 47.7 Å². The van der Waals surface area contributed by atoms with E-state index >= 15 is 0 Å². The Balaban J connectivity index is 1.39. The van der Waals surface area contributed by atoms with Crippen LogP contribution in [0.15, 0.2) is 42.6 Å². The first-order valence-corrected chi connectivity index (χ1v) is 10.3. The maximum absolute atomic E-state index is 12.1. The summed E-state index contributed by atoms with van der Waals surface area (Å²) in [6, 6.07) is 9.71. The topological polar surface area (TPSA) is 83.6 Å². The standard InChI is InChI=1S/C23H26N4O3/c1-3-20-23(29)26-19-12-15(4-7-21(19)30-20)14-27-10-8-16(9-11-27)17-5-6-18(25-13-17)22(28)24-2/h4-8,12-13,20H,3,9-11,14H2,1-2H3,(H,24,28)(H,26,29)/t20-/m1/s1. The molecule has 2 N–H and O–H groups in total. The number of hydrogen-bond acceptors (Lipinski definition) is 5. The van der Waals surface area contributed by atoms with Gasteiger partial charge in [0, 0.05) is 32.9 Å². The van der Waals surface area contributed by atoms with Crippen molar-refractivity contribution in [2.24, 2.45) is 0 Å². The molecular weight excluding hydrogens is 380 g/mol. The molecule has 1 aromatic carbocycles. The Hall–Kier alpha value is -3.19. The Bertz CT molecular complexity index is 984. The number of pyridine rings is 1. The zero-order chi connectivity index (χ0) is 21.1. The highest BCUT2D eigenvalue weighted by Gasteiger charge is 2.26. The van der Waals surface area contributed by atoms with E-state index < -0.39 is 6.10 Å². The van der Waals surface area contributed by atoms with Gasteiger partial charge in [0.15, 0.2) is 6.10 Å². The molecule has 0 radical (unpaired) electrons. The number of carbonyl (C=O) groups excluding carboxylic acids is 2. The summed E-state index contributed by atoms with van der Waals surface area (Å²) in [5.41, 5.74) is 4.62. The predicted molar refractivity (Wildman–Crippen MR) is 115 cm³/mol. The van der Waals surface area contributed by atoms with Crippen molar-refractivity contribution in [3.8, 4) is 5.75 Å². The molecule has 3 heterocycles. The lowest BCUT2D eigenvalue weighted by atomic mass is 10.0. The van der Waals surface area contributed by atoms with E-state index in [1.165, 1.54) is 5.57 Å². The first kappa shape index (κ1) is 20.1. The summed E-state index contributed by atoms with van der Waals surface area (Å²) in [7, 11) is 1.60. The second kappa shape index (κ2) is 8.67. The number of amides is 2. The highest BCUT2D eigenvalue weighted by atomic mass is 16.5. The molecule has 0 aliphatic carbocycles. The Labute approximate surface area is 176 Å². The van der Waals surface area contributed by atoms with Crippen LogP contribution in [0.4, 0.5) is 5.69 Å². The average molecular weight is 406 g/mol. The normalized spacial score (nSPS) is 18.7. The average Bonchev–Trinajstić information content (AvgIpc) is 2.78. The van der Waals surface area contributed by atoms with Gasteiger partial charge >= 0.3 is 0 Å². The van der Waals surface area contributed by atoms with E-state index in [1.807, 2.05) is 25.1 Å². The van der Waals surface area contributed by atoms with Gasteiger partial charge < -0.3 is 15.4 Å². The number of anilines is 1. The number of nitrogens with one attached hydrogen (secondary N) is 2. The van der Waals surface area contributed by atoms with Gasteiger partial charge in [0.25, 0.3) is 11.8 Å². The molecule has 1 aromatic heterocycles. The number of nitrogens with zero attached hydrogens (tertiary/aromatic N) is 2. The number of rotatable bonds is 5. The van der Waals surface area contributed by atoms with E-state index in [9.17, 15) is 9.59 Å². The molecule has 0 fully saturated rings. The van der Waals surface area contributed by atoms with E-state index in [0.29, 0.717) is 12.1 Å². The largest absolute Gasteiger partial charge is 0.478 e. The zero-order valence-corrected chi connectivity index (χ0v) is 17.3. The smallest absolute Gasteiger partial charge is 0.269 e. The van der Waals surface area contributed by atoms with Gasteiger partial charge in [0.1, 0.15) is 11.4 Å². The minimum absolute atomic E-state index is 0.0799. The van der Waals surface area contributed by atoms with E-state index in [4.69, 9.17) is 4.74 Å². The monoisotopic (exact) mass is 406 g/mol. The molecule has 0 spiro atoms. The summed E-state index contributed by atoms with van der Waals surface area (Å²) in [6.45, 7) is 4.51. The van der Waals surface area contributed by atoms with Crippen molar-refractivity contribution in [2.75, 3.05) is 25.5 Å². The first-order chi connectivity index (χ1) is 14.6. The second-order valence-corrected chi connectivity index (χ2v) is 7.56. The van der Waals surface area contributed by atoms with Crippen LogP contribution in [-0.2, 0) is 11.3 Å². The van der Waals surface area contributed by atoms with Crippen molar-refractivity contribution >= 4 is 23.1 Å². The van der Waals surface area contributed by atoms with Crippen LogP contribution in [0.2, 0.25) is 0 Å². The van der Waals surface area contributed by atoms with Gasteiger partial charge in [-0.15, -0.1) is 0 Å². The molecule has 0 saturated carbocycles. The number of ether oxygens (including phenoxy) is 1. The van der Waals surface area contributed by atoms with Crippen LogP contribution in [0.1, 0.15) is 41.4 Å². The fourth-order valence-electron chi connectivity index (χ4n) is 3.79. The van der Waals surface area contributed by atoms with Crippen molar-refractivity contribution < 1.29 is 14.3 Å². The number of aromatic nitrogens is 1. The molecule has 0 bridgehead atoms. The molecule has 156 valence electrons. The van der Waals surface area contributed by atoms with E-state index in [2.05, 4.69) is 32.7 Å². The van der Waals surface area contributed by atoms with E-state index in [1.54, 1.807) is 19.3 Å². The van der Waals surface area contributed by atoms with Gasteiger partial charge in [0.2, 0.25) is 0 Å². The predicted octanol–water partition coefficient (Wildman–Crippen LogP) is 2.84. The maximum atomic E-state index is 12.1. The highest BCUT2D eigenvalue weighted by molar-refractivity contribution is 5.97. The Morgan fingerprint density at radius 2 is 2.20 bits per heavy atom. The molecule has 4 rings (SSSR count). The lowest BCUT2D eigenvalue weighted by Crippen LogP contribution is -2.36. The summed E-state index contributed by atoms with van der Waals surface area (Å²) in [5.74, 6) is 0.477. The zero-order valence-electron chi connectivity index (χ0n) is 17.3. The van der Waals surface area contributed by atoms with Gasteiger partial charge in [-0.3, -0.25) is 19.5 Å². The number of carbonyl (C=O) groups is 2. The number of benzene rings is 1. The molecule has 30 heavy (non-hydrogen) atoms. The van der Waals surface area contributed by atoms with Crippen LogP contribution in [0.3, 0.4) is 0 Å². The lowest BCUT2D eigenvalue weighted by molar-refractivity contribution is -0.123. The minimum atomic E-state index is -0.408. The van der Waals surface area contributed by atoms with Crippen LogP contribution < -0.4 is 15.4 Å². The molecule has 7 heteroatoms. The molecule has 7 nitrogen and oxygen atoms in total. The van der Waals surface area contributed by atoms with Crippen molar-refractivity contribution in [3.63, 3.8) is 0 Å². The Kier molecular flexibility index (Phi) is 5.81. The van der Waals surface area contributed by atoms with Crippen LogP contribution in [-0.4, -0.2) is 47.9 Å². The van der Waals surface area contributed by atoms with Crippen molar-refractivity contribution in [1.29, 1.82) is 0 Å². The van der Waals surface area contributed by atoms with Gasteiger partial charge in [0.05, 0.1) is 5.69 Å². The van der Waals surface area contributed by atoms with E-state index in [-0.39, 0.29) is 11.8 Å². The van der Waals surface area contributed by atoms with Crippen LogP contribution in [0.5, 0.6) is 5.75 Å². The summed E-state index contributed by atoms with van der Waals surface area (Å²) in [5, 5.41) is 5.54. The molecule has 0 saturated heterocycles. The fraction of sp³-hybridized carbons (Fsp3) is 0.348. The third-order valence-corrected chi connectivity index (χ3v) is 5.53. The Morgan fingerprint density at radius 3 is 2.87 bits per heavy atom. The molecule has 2 aliphatic rings. The third-order valence-electron chi connectivity index (χ3n) is 5.53. The molecule has 0 unspecified atom stereocenters. The first-order valence-electron chi connectivity index (χ1n) is 10.3. The lowest BCUT2D eigenvalue weighted by Gasteiger charge is -2.28. The molecular formula is C23H26N4O3. The van der Waals surface area contributed by atoms with Gasteiger partial charge in [-0.1, -0.05) is 25.1 Å². The van der Waals surface area contributed by atoms with Crippen LogP contribution in [0.25, 0.3) is 5.57 Å². The number of hydrogen-bond donors (Lipinski definition) is 2. The minimum Gasteiger partial charge on any atom is -0.478 e. The SMILES string of the molecule is CC[C@H]1Oc2ccc(CN3CC=C(c4ccc(C(=O)NC)nc4)CC3)cc2NC1=O. The molecule has 2 aliphatic heterocycles. The third kappa shape index (κ3) is 4.21. The highest BCUT2D eigenvalue weighted by Crippen LogP contribution is 2.32. The van der Waals surface area contributed by atoms with Crippen LogP contribution in [0, 0.1) is 0 Å². The summed E-state index contributed by atoms with van der Waals surface area (Å²) >= 11 is 0. The van der Waals surface area contributed by atoms with Gasteiger partial charge in [-0.25, -0.2) is 0 Å². The van der Waals surface area contributed by atoms with Crippen molar-refractivity contribution in [1.82, 2.24) is 15.2 Å². The summed E-state index contributed by atoms with van der Waals surface area (Å²) in [6.07, 6.45) is 5.15.